The van der Waals surface area contributed by atoms with Gasteiger partial charge in [-0.05, 0) is 18.6 Å². The van der Waals surface area contributed by atoms with Crippen LogP contribution in [0.3, 0.4) is 0 Å². The Hall–Kier alpha value is -2.73. The fourth-order valence-electron chi connectivity index (χ4n) is 2.36. The number of hydrogen-bond donors (Lipinski definition) is 1. The molecular formula is C17H18N4O2. The van der Waals surface area contributed by atoms with E-state index < -0.39 is 0 Å². The summed E-state index contributed by atoms with van der Waals surface area (Å²) in [5.41, 5.74) is 2.28. The van der Waals surface area contributed by atoms with E-state index in [9.17, 15) is 4.79 Å². The zero-order valence-corrected chi connectivity index (χ0v) is 12.9. The summed E-state index contributed by atoms with van der Waals surface area (Å²) in [6, 6.07) is 11.7. The molecule has 0 saturated heterocycles. The summed E-state index contributed by atoms with van der Waals surface area (Å²) in [6.45, 7) is 3.23. The molecule has 0 fully saturated rings. The first-order valence-corrected chi connectivity index (χ1v) is 7.45. The van der Waals surface area contributed by atoms with E-state index in [4.69, 9.17) is 4.74 Å². The van der Waals surface area contributed by atoms with Gasteiger partial charge in [-0.1, -0.05) is 30.3 Å². The van der Waals surface area contributed by atoms with Crippen molar-refractivity contribution in [1.82, 2.24) is 19.7 Å². The summed E-state index contributed by atoms with van der Waals surface area (Å²) in [4.78, 5) is 20.7. The number of nitrogens with one attached hydrogen (secondary N) is 1. The van der Waals surface area contributed by atoms with Gasteiger partial charge >= 0.3 is 0 Å². The van der Waals surface area contributed by atoms with Crippen LogP contribution in [0.1, 0.15) is 21.7 Å². The van der Waals surface area contributed by atoms with Crippen LogP contribution in [-0.4, -0.2) is 33.4 Å². The number of rotatable bonds is 6. The second-order valence-corrected chi connectivity index (χ2v) is 5.13. The summed E-state index contributed by atoms with van der Waals surface area (Å²) in [6.07, 6.45) is 3.43. The zero-order chi connectivity index (χ0) is 16.1. The highest BCUT2D eigenvalue weighted by Crippen LogP contribution is 2.09. The highest BCUT2D eigenvalue weighted by molar-refractivity contribution is 5.94. The molecule has 0 atom stereocenters. The molecule has 0 bridgehead atoms. The van der Waals surface area contributed by atoms with E-state index in [1.807, 2.05) is 30.3 Å². The Morgan fingerprint density at radius 2 is 2.09 bits per heavy atom. The minimum absolute atomic E-state index is 0.175. The predicted molar refractivity (Wildman–Crippen MR) is 86.2 cm³/mol. The standard InChI is InChI=1S/C17H18N4O2/c1-13-15(21-10-5-8-19-17(21)20-13)16(22)18-9-11-23-12-14-6-3-2-4-7-14/h2-8,10H,9,11-12H2,1H3,(H,18,22). The van der Waals surface area contributed by atoms with Crippen molar-refractivity contribution in [1.29, 1.82) is 0 Å². The Morgan fingerprint density at radius 1 is 1.26 bits per heavy atom. The van der Waals surface area contributed by atoms with Crippen molar-refractivity contribution in [3.05, 3.63) is 65.7 Å². The van der Waals surface area contributed by atoms with E-state index in [0.29, 0.717) is 36.9 Å². The van der Waals surface area contributed by atoms with E-state index in [-0.39, 0.29) is 5.91 Å². The van der Waals surface area contributed by atoms with Gasteiger partial charge in [0.2, 0.25) is 5.78 Å². The molecule has 1 aromatic carbocycles. The number of benzene rings is 1. The molecule has 0 radical (unpaired) electrons. The molecule has 118 valence electrons. The van der Waals surface area contributed by atoms with Crippen molar-refractivity contribution in [3.8, 4) is 0 Å². The van der Waals surface area contributed by atoms with Crippen LogP contribution < -0.4 is 5.32 Å². The number of amides is 1. The van der Waals surface area contributed by atoms with E-state index >= 15 is 0 Å². The molecule has 0 unspecified atom stereocenters. The third-order valence-corrected chi connectivity index (χ3v) is 3.44. The van der Waals surface area contributed by atoms with Crippen LogP contribution in [0, 0.1) is 6.92 Å². The van der Waals surface area contributed by atoms with Crippen LogP contribution in [0.25, 0.3) is 5.78 Å². The number of carbonyl (C=O) groups is 1. The summed E-state index contributed by atoms with van der Waals surface area (Å²) in [5, 5.41) is 2.85. The van der Waals surface area contributed by atoms with Crippen molar-refractivity contribution >= 4 is 11.7 Å². The van der Waals surface area contributed by atoms with Crippen LogP contribution in [0.5, 0.6) is 0 Å². The number of imidazole rings is 1. The smallest absolute Gasteiger partial charge is 0.270 e. The minimum atomic E-state index is -0.175. The molecule has 2 aromatic heterocycles. The first kappa shape index (κ1) is 15.2. The summed E-state index contributed by atoms with van der Waals surface area (Å²) in [7, 11) is 0. The molecule has 1 amide bonds. The molecule has 2 heterocycles. The third-order valence-electron chi connectivity index (χ3n) is 3.44. The highest BCUT2D eigenvalue weighted by Gasteiger charge is 2.16. The van der Waals surface area contributed by atoms with E-state index in [1.54, 1.807) is 29.8 Å². The maximum Gasteiger partial charge on any atom is 0.270 e. The van der Waals surface area contributed by atoms with Gasteiger partial charge in [-0.3, -0.25) is 9.20 Å². The number of aromatic nitrogens is 3. The molecule has 1 N–H and O–H groups in total. The lowest BCUT2D eigenvalue weighted by molar-refractivity contribution is 0.0895. The molecule has 6 heteroatoms. The van der Waals surface area contributed by atoms with Gasteiger partial charge in [0.15, 0.2) is 0 Å². The summed E-state index contributed by atoms with van der Waals surface area (Å²) < 4.78 is 7.25. The average molecular weight is 310 g/mol. The lowest BCUT2D eigenvalue weighted by atomic mass is 10.2. The Labute approximate surface area is 134 Å². The number of hydrogen-bond acceptors (Lipinski definition) is 4. The lowest BCUT2D eigenvalue weighted by Crippen LogP contribution is -2.28. The molecule has 23 heavy (non-hydrogen) atoms. The van der Waals surface area contributed by atoms with Gasteiger partial charge in [0.05, 0.1) is 18.9 Å². The Kier molecular flexibility index (Phi) is 4.63. The molecule has 6 nitrogen and oxygen atoms in total. The number of nitrogens with zero attached hydrogens (tertiary/aromatic N) is 3. The van der Waals surface area contributed by atoms with Crippen molar-refractivity contribution in [3.63, 3.8) is 0 Å². The number of fused-ring (bicyclic) bond motifs is 1. The van der Waals surface area contributed by atoms with E-state index in [1.165, 1.54) is 0 Å². The predicted octanol–water partition coefficient (Wildman–Crippen LogP) is 1.98. The Balaban J connectivity index is 1.52. The van der Waals surface area contributed by atoms with Crippen LogP contribution in [0.4, 0.5) is 0 Å². The molecule has 0 aliphatic heterocycles. The topological polar surface area (TPSA) is 68.5 Å². The van der Waals surface area contributed by atoms with Gasteiger partial charge in [0.25, 0.3) is 5.91 Å². The normalized spacial score (nSPS) is 10.8. The van der Waals surface area contributed by atoms with Gasteiger partial charge in [0.1, 0.15) is 5.69 Å². The Bertz CT molecular complexity index is 799. The minimum Gasteiger partial charge on any atom is -0.375 e. The average Bonchev–Trinajstić information content (AvgIpc) is 2.91. The zero-order valence-electron chi connectivity index (χ0n) is 12.9. The van der Waals surface area contributed by atoms with Crippen LogP contribution in [-0.2, 0) is 11.3 Å². The van der Waals surface area contributed by atoms with Gasteiger partial charge in [-0.15, -0.1) is 0 Å². The number of aryl methyl sites for hydroxylation is 1. The number of ether oxygens (including phenoxy) is 1. The molecular weight excluding hydrogens is 292 g/mol. The van der Waals surface area contributed by atoms with Gasteiger partial charge in [-0.25, -0.2) is 9.97 Å². The summed E-state index contributed by atoms with van der Waals surface area (Å²) >= 11 is 0. The van der Waals surface area contributed by atoms with Crippen LogP contribution in [0.2, 0.25) is 0 Å². The van der Waals surface area contributed by atoms with Crippen molar-refractivity contribution in [2.75, 3.05) is 13.2 Å². The van der Waals surface area contributed by atoms with Gasteiger partial charge in [-0.2, -0.15) is 0 Å². The van der Waals surface area contributed by atoms with Crippen molar-refractivity contribution < 1.29 is 9.53 Å². The second kappa shape index (κ2) is 7.02. The quantitative estimate of drug-likeness (QED) is 0.707. The van der Waals surface area contributed by atoms with Crippen LogP contribution in [0.15, 0.2) is 48.8 Å². The van der Waals surface area contributed by atoms with Gasteiger partial charge < -0.3 is 10.1 Å². The maximum absolute atomic E-state index is 12.3. The van der Waals surface area contributed by atoms with Crippen LogP contribution >= 0.6 is 0 Å². The first-order valence-electron chi connectivity index (χ1n) is 7.45. The fraction of sp³-hybridized carbons (Fsp3) is 0.235. The molecule has 0 spiro atoms. The first-order chi connectivity index (χ1) is 11.3. The molecule has 0 aliphatic carbocycles. The SMILES string of the molecule is Cc1nc2ncccn2c1C(=O)NCCOCc1ccccc1. The number of carbonyl (C=O) groups excluding carboxylic acids is 1. The fourth-order valence-corrected chi connectivity index (χ4v) is 2.36. The monoisotopic (exact) mass is 310 g/mol. The molecule has 3 rings (SSSR count). The maximum atomic E-state index is 12.3. The van der Waals surface area contributed by atoms with Crippen molar-refractivity contribution in [2.45, 2.75) is 13.5 Å². The second-order valence-electron chi connectivity index (χ2n) is 5.13. The third kappa shape index (κ3) is 3.54. The van der Waals surface area contributed by atoms with E-state index in [0.717, 1.165) is 5.56 Å². The van der Waals surface area contributed by atoms with E-state index in [2.05, 4.69) is 15.3 Å². The van der Waals surface area contributed by atoms with Crippen molar-refractivity contribution in [2.24, 2.45) is 0 Å². The summed E-state index contributed by atoms with van der Waals surface area (Å²) in [5.74, 6) is 0.349. The largest absolute Gasteiger partial charge is 0.375 e. The Morgan fingerprint density at radius 3 is 2.91 bits per heavy atom. The lowest BCUT2D eigenvalue weighted by Gasteiger charge is -2.07. The highest BCUT2D eigenvalue weighted by atomic mass is 16.5. The molecule has 0 saturated carbocycles. The molecule has 3 aromatic rings. The van der Waals surface area contributed by atoms with Gasteiger partial charge in [0, 0.05) is 18.9 Å². The molecule has 0 aliphatic rings.